The van der Waals surface area contributed by atoms with E-state index >= 15 is 0 Å². The van der Waals surface area contributed by atoms with E-state index in [0.29, 0.717) is 13.1 Å². The third kappa shape index (κ3) is 3.21. The van der Waals surface area contributed by atoms with Crippen LogP contribution in [0, 0.1) is 13.8 Å². The van der Waals surface area contributed by atoms with Gasteiger partial charge >= 0.3 is 0 Å². The Kier molecular flexibility index (Phi) is 4.75. The number of hydrogen-bond donors (Lipinski definition) is 1. The number of H-pyrrole nitrogens is 1. The molecule has 1 aromatic heterocycles. The highest BCUT2D eigenvalue weighted by Gasteiger charge is 2.29. The number of aryl methyl sites for hydroxylation is 2. The Morgan fingerprint density at radius 3 is 2.68 bits per heavy atom. The average molecular weight is 377 g/mol. The van der Waals surface area contributed by atoms with Crippen molar-refractivity contribution in [1.82, 2.24) is 9.88 Å². The summed E-state index contributed by atoms with van der Waals surface area (Å²) in [6, 6.07) is 14.7. The molecule has 3 aromatic rings. The Morgan fingerprint density at radius 1 is 1.14 bits per heavy atom. The number of nitrogens with zero attached hydrogens (tertiary/aromatic N) is 2. The van der Waals surface area contributed by atoms with E-state index in [9.17, 15) is 4.79 Å². The minimum Gasteiger partial charge on any atom is -0.497 e. The van der Waals surface area contributed by atoms with Crippen molar-refractivity contribution < 1.29 is 9.53 Å². The zero-order valence-electron chi connectivity index (χ0n) is 17.0. The Hall–Kier alpha value is -2.95. The SMILES string of the molecule is COc1ccc2[nH]c(C)c(C(=O)N3CCN(c4cccc(C)c4)C(C)C3)c2c1. The molecule has 2 heterocycles. The van der Waals surface area contributed by atoms with Gasteiger partial charge in [0.25, 0.3) is 5.91 Å². The van der Waals surface area contributed by atoms with Crippen LogP contribution in [-0.2, 0) is 0 Å². The molecule has 1 atom stereocenters. The van der Waals surface area contributed by atoms with Gasteiger partial charge in [-0.05, 0) is 56.7 Å². The van der Waals surface area contributed by atoms with E-state index in [1.54, 1.807) is 7.11 Å². The van der Waals surface area contributed by atoms with Crippen LogP contribution in [0.25, 0.3) is 10.9 Å². The number of piperazine rings is 1. The van der Waals surface area contributed by atoms with Crippen LogP contribution in [0.3, 0.4) is 0 Å². The lowest BCUT2D eigenvalue weighted by atomic mass is 10.1. The maximum atomic E-state index is 13.4. The first-order valence-corrected chi connectivity index (χ1v) is 9.77. The number of carbonyl (C=O) groups is 1. The number of amides is 1. The molecule has 0 bridgehead atoms. The summed E-state index contributed by atoms with van der Waals surface area (Å²) in [7, 11) is 1.65. The summed E-state index contributed by atoms with van der Waals surface area (Å²) in [5.74, 6) is 0.853. The van der Waals surface area contributed by atoms with Gasteiger partial charge in [0.2, 0.25) is 0 Å². The van der Waals surface area contributed by atoms with Crippen molar-refractivity contribution in [3.8, 4) is 5.75 Å². The molecule has 4 rings (SSSR count). The molecule has 1 unspecified atom stereocenters. The van der Waals surface area contributed by atoms with E-state index in [0.717, 1.165) is 34.5 Å². The van der Waals surface area contributed by atoms with E-state index in [-0.39, 0.29) is 11.9 Å². The summed E-state index contributed by atoms with van der Waals surface area (Å²) < 4.78 is 5.36. The summed E-state index contributed by atoms with van der Waals surface area (Å²) in [4.78, 5) is 21.1. The summed E-state index contributed by atoms with van der Waals surface area (Å²) in [6.45, 7) is 8.53. The molecular formula is C23H27N3O2. The van der Waals surface area contributed by atoms with Crippen molar-refractivity contribution in [2.75, 3.05) is 31.6 Å². The first kappa shape index (κ1) is 18.4. The van der Waals surface area contributed by atoms with Gasteiger partial charge in [0.05, 0.1) is 12.7 Å². The predicted octanol–water partition coefficient (Wildman–Crippen LogP) is 4.14. The molecule has 1 aliphatic heterocycles. The number of carbonyl (C=O) groups excluding carboxylic acids is 1. The van der Waals surface area contributed by atoms with Gasteiger partial charge in [-0.2, -0.15) is 0 Å². The predicted molar refractivity (Wildman–Crippen MR) is 113 cm³/mol. The molecule has 1 amide bonds. The molecule has 1 N–H and O–H groups in total. The Bertz CT molecular complexity index is 1020. The third-order valence-electron chi connectivity index (χ3n) is 5.66. The highest BCUT2D eigenvalue weighted by Crippen LogP contribution is 2.29. The van der Waals surface area contributed by atoms with Gasteiger partial charge in [0.1, 0.15) is 5.75 Å². The van der Waals surface area contributed by atoms with Crippen LogP contribution in [0.5, 0.6) is 5.75 Å². The molecule has 146 valence electrons. The number of aromatic amines is 1. The number of ether oxygens (including phenoxy) is 1. The molecule has 5 nitrogen and oxygen atoms in total. The topological polar surface area (TPSA) is 48.6 Å². The summed E-state index contributed by atoms with van der Waals surface area (Å²) >= 11 is 0. The number of anilines is 1. The van der Waals surface area contributed by atoms with Crippen molar-refractivity contribution in [3.05, 3.63) is 59.3 Å². The van der Waals surface area contributed by atoms with Gasteiger partial charge in [0, 0.05) is 48.0 Å². The van der Waals surface area contributed by atoms with Crippen LogP contribution in [0.2, 0.25) is 0 Å². The van der Waals surface area contributed by atoms with Crippen LogP contribution in [0.15, 0.2) is 42.5 Å². The zero-order valence-corrected chi connectivity index (χ0v) is 17.0. The van der Waals surface area contributed by atoms with Crippen LogP contribution < -0.4 is 9.64 Å². The smallest absolute Gasteiger partial charge is 0.256 e. The summed E-state index contributed by atoms with van der Waals surface area (Å²) in [5.41, 5.74) is 5.11. The number of hydrogen-bond acceptors (Lipinski definition) is 3. The fraction of sp³-hybridized carbons (Fsp3) is 0.348. The number of methoxy groups -OCH3 is 1. The monoisotopic (exact) mass is 377 g/mol. The van der Waals surface area contributed by atoms with E-state index in [4.69, 9.17) is 4.74 Å². The summed E-state index contributed by atoms with van der Waals surface area (Å²) in [5, 5.41) is 0.926. The van der Waals surface area contributed by atoms with E-state index in [1.165, 1.54) is 11.3 Å². The van der Waals surface area contributed by atoms with Gasteiger partial charge in [-0.25, -0.2) is 0 Å². The van der Waals surface area contributed by atoms with Crippen molar-refractivity contribution in [2.24, 2.45) is 0 Å². The third-order valence-corrected chi connectivity index (χ3v) is 5.66. The van der Waals surface area contributed by atoms with Gasteiger partial charge in [-0.3, -0.25) is 4.79 Å². The molecule has 2 aromatic carbocycles. The fourth-order valence-electron chi connectivity index (χ4n) is 4.20. The number of aromatic nitrogens is 1. The highest BCUT2D eigenvalue weighted by atomic mass is 16.5. The molecular weight excluding hydrogens is 350 g/mol. The second kappa shape index (κ2) is 7.23. The second-order valence-corrected chi connectivity index (χ2v) is 7.67. The number of rotatable bonds is 3. The van der Waals surface area contributed by atoms with Crippen molar-refractivity contribution in [3.63, 3.8) is 0 Å². The summed E-state index contributed by atoms with van der Waals surface area (Å²) in [6.07, 6.45) is 0. The van der Waals surface area contributed by atoms with Gasteiger partial charge in [0.15, 0.2) is 0 Å². The quantitative estimate of drug-likeness (QED) is 0.746. The standard InChI is InChI=1S/C23H27N3O2/c1-15-6-5-7-18(12-15)26-11-10-25(14-16(26)2)23(27)22-17(3)24-21-9-8-19(28-4)13-20(21)22/h5-9,12-13,16,24H,10-11,14H2,1-4H3. The van der Waals surface area contributed by atoms with Gasteiger partial charge < -0.3 is 19.5 Å². The number of benzene rings is 2. The first-order chi connectivity index (χ1) is 13.5. The molecule has 1 fully saturated rings. The molecule has 28 heavy (non-hydrogen) atoms. The lowest BCUT2D eigenvalue weighted by Gasteiger charge is -2.41. The van der Waals surface area contributed by atoms with Crippen LogP contribution in [0.4, 0.5) is 5.69 Å². The molecule has 0 aliphatic carbocycles. The second-order valence-electron chi connectivity index (χ2n) is 7.67. The van der Waals surface area contributed by atoms with Crippen molar-refractivity contribution >= 4 is 22.5 Å². The molecule has 0 saturated carbocycles. The lowest BCUT2D eigenvalue weighted by molar-refractivity contribution is 0.0727. The average Bonchev–Trinajstić information content (AvgIpc) is 3.02. The van der Waals surface area contributed by atoms with Crippen LogP contribution >= 0.6 is 0 Å². The molecule has 0 radical (unpaired) electrons. The maximum absolute atomic E-state index is 13.4. The first-order valence-electron chi connectivity index (χ1n) is 9.77. The van der Waals surface area contributed by atoms with Crippen molar-refractivity contribution in [1.29, 1.82) is 0 Å². The van der Waals surface area contributed by atoms with Gasteiger partial charge in [-0.15, -0.1) is 0 Å². The molecule has 1 aliphatic rings. The van der Waals surface area contributed by atoms with E-state index < -0.39 is 0 Å². The highest BCUT2D eigenvalue weighted by molar-refractivity contribution is 6.08. The maximum Gasteiger partial charge on any atom is 0.256 e. The molecule has 5 heteroatoms. The molecule has 0 spiro atoms. The Morgan fingerprint density at radius 2 is 1.96 bits per heavy atom. The number of nitrogens with one attached hydrogen (secondary N) is 1. The zero-order chi connectivity index (χ0) is 19.8. The normalized spacial score (nSPS) is 17.2. The van der Waals surface area contributed by atoms with Crippen molar-refractivity contribution in [2.45, 2.75) is 26.8 Å². The van der Waals surface area contributed by atoms with Crippen LogP contribution in [0.1, 0.15) is 28.5 Å². The fourth-order valence-corrected chi connectivity index (χ4v) is 4.20. The van der Waals surface area contributed by atoms with E-state index in [1.807, 2.05) is 30.0 Å². The Labute approximate surface area is 165 Å². The minimum absolute atomic E-state index is 0.0905. The number of fused-ring (bicyclic) bond motifs is 1. The van der Waals surface area contributed by atoms with Crippen LogP contribution in [-0.4, -0.2) is 48.6 Å². The lowest BCUT2D eigenvalue weighted by Crippen LogP contribution is -2.53. The van der Waals surface area contributed by atoms with E-state index in [2.05, 4.69) is 48.0 Å². The van der Waals surface area contributed by atoms with Gasteiger partial charge in [-0.1, -0.05) is 12.1 Å². The Balaban J connectivity index is 1.59. The minimum atomic E-state index is 0.0905. The molecule has 1 saturated heterocycles. The largest absolute Gasteiger partial charge is 0.497 e.